The van der Waals surface area contributed by atoms with Crippen LogP contribution in [-0.2, 0) is 0 Å². The standard InChI is InChI=1S/C25H16F2N4S/c1-14-2-8-20-15(10-14)11-16(13-28-20)23-24(29-19-6-3-17(26)4-7-19)31-21-9-5-18(27)12-22(21)32-25(31)30-23/h2-13,29H,1H3. The molecule has 0 saturated carbocycles. The molecule has 32 heavy (non-hydrogen) atoms. The van der Waals surface area contributed by atoms with Gasteiger partial charge in [-0.1, -0.05) is 23.0 Å². The van der Waals surface area contributed by atoms with Gasteiger partial charge in [-0.05, 0) is 67.6 Å². The van der Waals surface area contributed by atoms with Gasteiger partial charge in [0, 0.05) is 22.8 Å². The Hall–Kier alpha value is -3.84. The lowest BCUT2D eigenvalue weighted by Crippen LogP contribution is -1.97. The van der Waals surface area contributed by atoms with Crippen LogP contribution in [0.1, 0.15) is 5.56 Å². The Morgan fingerprint density at radius 2 is 1.72 bits per heavy atom. The maximum Gasteiger partial charge on any atom is 0.197 e. The molecule has 3 aromatic heterocycles. The van der Waals surface area contributed by atoms with E-state index in [-0.39, 0.29) is 11.6 Å². The first kappa shape index (κ1) is 18.9. The average molecular weight is 442 g/mol. The molecule has 7 heteroatoms. The van der Waals surface area contributed by atoms with Gasteiger partial charge in [-0.3, -0.25) is 9.38 Å². The van der Waals surface area contributed by atoms with E-state index in [9.17, 15) is 8.78 Å². The van der Waals surface area contributed by atoms with Crippen LogP contribution in [0.5, 0.6) is 0 Å². The summed E-state index contributed by atoms with van der Waals surface area (Å²) in [5.74, 6) is 0.127. The number of rotatable bonds is 3. The highest BCUT2D eigenvalue weighted by molar-refractivity contribution is 7.23. The van der Waals surface area contributed by atoms with E-state index in [2.05, 4.69) is 22.4 Å². The van der Waals surface area contributed by atoms with E-state index in [1.54, 1.807) is 18.2 Å². The molecule has 3 heterocycles. The topological polar surface area (TPSA) is 42.2 Å². The third kappa shape index (κ3) is 3.09. The van der Waals surface area contributed by atoms with Crippen molar-refractivity contribution < 1.29 is 8.78 Å². The summed E-state index contributed by atoms with van der Waals surface area (Å²) in [5, 5.41) is 4.42. The number of nitrogens with one attached hydrogen (secondary N) is 1. The maximum atomic E-state index is 13.8. The summed E-state index contributed by atoms with van der Waals surface area (Å²) in [6.45, 7) is 2.05. The summed E-state index contributed by atoms with van der Waals surface area (Å²) < 4.78 is 30.0. The number of imidazole rings is 1. The molecule has 0 unspecified atom stereocenters. The first-order chi connectivity index (χ1) is 15.5. The molecule has 0 bridgehead atoms. The summed E-state index contributed by atoms with van der Waals surface area (Å²) >= 11 is 1.42. The number of aryl methyl sites for hydroxylation is 1. The monoisotopic (exact) mass is 442 g/mol. The fourth-order valence-corrected chi connectivity index (χ4v) is 4.96. The Kier molecular flexibility index (Phi) is 4.19. The lowest BCUT2D eigenvalue weighted by molar-refractivity contribution is 0.628. The molecule has 3 aromatic carbocycles. The summed E-state index contributed by atoms with van der Waals surface area (Å²) in [7, 11) is 0. The minimum atomic E-state index is -0.306. The molecule has 6 aromatic rings. The molecule has 156 valence electrons. The second-order valence-corrected chi connectivity index (χ2v) is 8.70. The zero-order valence-electron chi connectivity index (χ0n) is 16.9. The third-order valence-corrected chi connectivity index (χ3v) is 6.43. The second-order valence-electron chi connectivity index (χ2n) is 7.69. The highest BCUT2D eigenvalue weighted by Crippen LogP contribution is 2.38. The first-order valence-electron chi connectivity index (χ1n) is 10.0. The number of benzene rings is 3. The smallest absolute Gasteiger partial charge is 0.197 e. The van der Waals surface area contributed by atoms with Crippen molar-refractivity contribution in [3.05, 3.63) is 90.1 Å². The number of nitrogens with zero attached hydrogens (tertiary/aromatic N) is 3. The Morgan fingerprint density at radius 3 is 2.56 bits per heavy atom. The highest BCUT2D eigenvalue weighted by Gasteiger charge is 2.19. The van der Waals surface area contributed by atoms with Crippen LogP contribution in [0.3, 0.4) is 0 Å². The first-order valence-corrected chi connectivity index (χ1v) is 10.9. The molecular formula is C25H16F2N4S. The zero-order valence-corrected chi connectivity index (χ0v) is 17.8. The molecule has 6 rings (SSSR count). The van der Waals surface area contributed by atoms with Crippen molar-refractivity contribution in [2.24, 2.45) is 0 Å². The van der Waals surface area contributed by atoms with Crippen molar-refractivity contribution in [3.63, 3.8) is 0 Å². The Labute approximate surface area is 185 Å². The predicted octanol–water partition coefficient (Wildman–Crippen LogP) is 7.09. The van der Waals surface area contributed by atoms with Crippen LogP contribution >= 0.6 is 11.3 Å². The molecule has 0 aliphatic heterocycles. The fraction of sp³-hybridized carbons (Fsp3) is 0.0400. The van der Waals surface area contributed by atoms with Gasteiger partial charge in [0.15, 0.2) is 4.96 Å². The number of aromatic nitrogens is 3. The van der Waals surface area contributed by atoms with E-state index < -0.39 is 0 Å². The highest BCUT2D eigenvalue weighted by atomic mass is 32.1. The fourth-order valence-electron chi connectivity index (χ4n) is 3.91. The normalized spacial score (nSPS) is 11.6. The Balaban J connectivity index is 1.60. The van der Waals surface area contributed by atoms with Gasteiger partial charge in [-0.2, -0.15) is 0 Å². The van der Waals surface area contributed by atoms with Crippen LogP contribution in [0.2, 0.25) is 0 Å². The van der Waals surface area contributed by atoms with E-state index in [1.165, 1.54) is 35.6 Å². The second kappa shape index (κ2) is 7.10. The van der Waals surface area contributed by atoms with Crippen molar-refractivity contribution in [1.82, 2.24) is 14.4 Å². The number of hydrogen-bond donors (Lipinski definition) is 1. The maximum absolute atomic E-state index is 13.8. The van der Waals surface area contributed by atoms with Gasteiger partial charge >= 0.3 is 0 Å². The summed E-state index contributed by atoms with van der Waals surface area (Å²) in [6.07, 6.45) is 1.81. The van der Waals surface area contributed by atoms with E-state index in [1.807, 2.05) is 29.7 Å². The molecule has 0 fully saturated rings. The van der Waals surface area contributed by atoms with E-state index in [0.29, 0.717) is 0 Å². The largest absolute Gasteiger partial charge is 0.339 e. The lowest BCUT2D eigenvalue weighted by atomic mass is 10.1. The van der Waals surface area contributed by atoms with E-state index in [4.69, 9.17) is 4.98 Å². The van der Waals surface area contributed by atoms with Crippen LogP contribution in [0.25, 0.3) is 37.3 Å². The molecule has 0 amide bonds. The average Bonchev–Trinajstić information content (AvgIpc) is 3.30. The van der Waals surface area contributed by atoms with Gasteiger partial charge in [0.1, 0.15) is 23.1 Å². The number of fused-ring (bicyclic) bond motifs is 4. The van der Waals surface area contributed by atoms with Crippen molar-refractivity contribution in [2.45, 2.75) is 6.92 Å². The van der Waals surface area contributed by atoms with Crippen molar-refractivity contribution >= 4 is 48.9 Å². The molecule has 0 radical (unpaired) electrons. The number of anilines is 2. The summed E-state index contributed by atoms with van der Waals surface area (Å²) in [6, 6.07) is 19.1. The molecular weight excluding hydrogens is 426 g/mol. The van der Waals surface area contributed by atoms with Crippen molar-refractivity contribution in [3.8, 4) is 11.3 Å². The minimum Gasteiger partial charge on any atom is -0.339 e. The van der Waals surface area contributed by atoms with Gasteiger partial charge in [-0.25, -0.2) is 13.8 Å². The van der Waals surface area contributed by atoms with E-state index in [0.717, 1.165) is 54.4 Å². The Morgan fingerprint density at radius 1 is 0.906 bits per heavy atom. The van der Waals surface area contributed by atoms with Crippen LogP contribution in [0.4, 0.5) is 20.3 Å². The lowest BCUT2D eigenvalue weighted by Gasteiger charge is -2.10. The molecule has 1 N–H and O–H groups in total. The molecule has 0 spiro atoms. The number of pyridine rings is 1. The van der Waals surface area contributed by atoms with Gasteiger partial charge in [-0.15, -0.1) is 0 Å². The number of thiazole rings is 1. The summed E-state index contributed by atoms with van der Waals surface area (Å²) in [5.41, 5.74) is 5.22. The quantitative estimate of drug-likeness (QED) is 0.318. The van der Waals surface area contributed by atoms with Crippen LogP contribution in [0, 0.1) is 18.6 Å². The van der Waals surface area contributed by atoms with Gasteiger partial charge < -0.3 is 5.32 Å². The molecule has 0 aliphatic carbocycles. The molecule has 0 atom stereocenters. The predicted molar refractivity (Wildman–Crippen MR) is 126 cm³/mol. The summed E-state index contributed by atoms with van der Waals surface area (Å²) in [4.78, 5) is 10.2. The van der Waals surface area contributed by atoms with Crippen LogP contribution in [0.15, 0.2) is 72.9 Å². The number of halogens is 2. The SMILES string of the molecule is Cc1ccc2ncc(-c3nc4sc5cc(F)ccc5n4c3Nc3ccc(F)cc3)cc2c1. The Bertz CT molecular complexity index is 1630. The third-order valence-electron chi connectivity index (χ3n) is 5.43. The molecule has 0 aliphatic rings. The number of hydrogen-bond acceptors (Lipinski definition) is 4. The van der Waals surface area contributed by atoms with Gasteiger partial charge in [0.05, 0.1) is 15.7 Å². The van der Waals surface area contributed by atoms with Crippen molar-refractivity contribution in [2.75, 3.05) is 5.32 Å². The van der Waals surface area contributed by atoms with Crippen molar-refractivity contribution in [1.29, 1.82) is 0 Å². The van der Waals surface area contributed by atoms with Crippen LogP contribution in [-0.4, -0.2) is 14.4 Å². The van der Waals surface area contributed by atoms with Gasteiger partial charge in [0.25, 0.3) is 0 Å². The zero-order chi connectivity index (χ0) is 21.8. The van der Waals surface area contributed by atoms with Gasteiger partial charge in [0.2, 0.25) is 0 Å². The van der Waals surface area contributed by atoms with E-state index >= 15 is 0 Å². The molecule has 0 saturated heterocycles. The minimum absolute atomic E-state index is 0.288. The van der Waals surface area contributed by atoms with Crippen LogP contribution < -0.4 is 5.32 Å². The molecule has 4 nitrogen and oxygen atoms in total.